The summed E-state index contributed by atoms with van der Waals surface area (Å²) in [6.07, 6.45) is -0.705. The smallest absolute Gasteiger partial charge is 0.339 e. The minimum atomic E-state index is -0.705. The number of non-ortho nitro benzene ring substituents is 1. The van der Waals surface area contributed by atoms with Crippen molar-refractivity contribution in [2.75, 3.05) is 0 Å². The van der Waals surface area contributed by atoms with Crippen LogP contribution >= 0.6 is 23.2 Å². The van der Waals surface area contributed by atoms with Gasteiger partial charge in [-0.05, 0) is 35.4 Å². The highest BCUT2D eigenvalue weighted by molar-refractivity contribution is 6.42. The first-order valence-electron chi connectivity index (χ1n) is 7.91. The third-order valence-corrected chi connectivity index (χ3v) is 4.63. The maximum absolute atomic E-state index is 12.6. The minimum absolute atomic E-state index is 0.101. The Morgan fingerprint density at radius 1 is 0.889 bits per heavy atom. The normalized spacial score (nSPS) is 11.6. The van der Waals surface area contributed by atoms with Gasteiger partial charge in [-0.25, -0.2) is 4.79 Å². The number of nitrogens with zero attached hydrogens (tertiary/aromatic N) is 1. The maximum Gasteiger partial charge on any atom is 0.339 e. The second kappa shape index (κ2) is 8.20. The molecule has 3 aromatic rings. The Morgan fingerprint density at radius 2 is 1.56 bits per heavy atom. The van der Waals surface area contributed by atoms with Crippen LogP contribution in [0, 0.1) is 10.1 Å². The van der Waals surface area contributed by atoms with Gasteiger partial charge in [0.05, 0.1) is 20.5 Å². The van der Waals surface area contributed by atoms with Gasteiger partial charge in [0.15, 0.2) is 6.10 Å². The summed E-state index contributed by atoms with van der Waals surface area (Å²) in [5.41, 5.74) is 1.52. The monoisotopic (exact) mass is 401 g/mol. The summed E-state index contributed by atoms with van der Waals surface area (Å²) < 4.78 is 5.69. The Bertz CT molecular complexity index is 975. The van der Waals surface area contributed by atoms with E-state index in [2.05, 4.69) is 0 Å². The van der Waals surface area contributed by atoms with Gasteiger partial charge in [-0.2, -0.15) is 0 Å². The zero-order valence-electron chi connectivity index (χ0n) is 13.8. The number of benzene rings is 3. The quantitative estimate of drug-likeness (QED) is 0.305. The first-order valence-corrected chi connectivity index (χ1v) is 8.66. The van der Waals surface area contributed by atoms with Crippen LogP contribution in [0.25, 0.3) is 0 Å². The molecule has 0 radical (unpaired) electrons. The highest BCUT2D eigenvalue weighted by Crippen LogP contribution is 2.32. The van der Waals surface area contributed by atoms with E-state index in [1.54, 1.807) is 18.2 Å². The molecule has 136 valence electrons. The average molecular weight is 402 g/mol. The van der Waals surface area contributed by atoms with Crippen LogP contribution < -0.4 is 0 Å². The highest BCUT2D eigenvalue weighted by atomic mass is 35.5. The zero-order valence-corrected chi connectivity index (χ0v) is 15.4. The summed E-state index contributed by atoms with van der Waals surface area (Å²) in [6.45, 7) is 0. The van der Waals surface area contributed by atoms with E-state index in [0.29, 0.717) is 15.6 Å². The number of hydrogen-bond acceptors (Lipinski definition) is 4. The Kier molecular flexibility index (Phi) is 5.74. The van der Waals surface area contributed by atoms with Crippen LogP contribution in [-0.4, -0.2) is 10.9 Å². The van der Waals surface area contributed by atoms with Gasteiger partial charge in [0.25, 0.3) is 5.69 Å². The molecule has 0 aliphatic carbocycles. The fourth-order valence-corrected chi connectivity index (χ4v) is 2.83. The molecule has 0 unspecified atom stereocenters. The number of ether oxygens (including phenoxy) is 1. The van der Waals surface area contributed by atoms with Crippen molar-refractivity contribution in [3.8, 4) is 0 Å². The molecule has 0 amide bonds. The maximum atomic E-state index is 12.6. The van der Waals surface area contributed by atoms with Gasteiger partial charge in [0.2, 0.25) is 0 Å². The van der Waals surface area contributed by atoms with E-state index >= 15 is 0 Å². The molecular weight excluding hydrogens is 389 g/mol. The summed E-state index contributed by atoms with van der Waals surface area (Å²) in [5, 5.41) is 11.5. The van der Waals surface area contributed by atoms with Crippen LogP contribution in [0.3, 0.4) is 0 Å². The Morgan fingerprint density at radius 3 is 2.15 bits per heavy atom. The van der Waals surface area contributed by atoms with E-state index in [1.807, 2.05) is 30.3 Å². The summed E-state index contributed by atoms with van der Waals surface area (Å²) >= 11 is 12.1. The lowest BCUT2D eigenvalue weighted by atomic mass is 10.0. The molecule has 0 fully saturated rings. The molecule has 27 heavy (non-hydrogen) atoms. The van der Waals surface area contributed by atoms with Crippen LogP contribution in [0.5, 0.6) is 0 Å². The Hall–Kier alpha value is -2.89. The molecule has 3 rings (SSSR count). The molecule has 0 aliphatic rings. The van der Waals surface area contributed by atoms with Gasteiger partial charge >= 0.3 is 5.97 Å². The second-order valence-corrected chi connectivity index (χ2v) is 6.49. The fraction of sp³-hybridized carbons (Fsp3) is 0.0500. The Labute approximate surface area is 165 Å². The molecule has 0 saturated carbocycles. The van der Waals surface area contributed by atoms with Crippen molar-refractivity contribution < 1.29 is 14.5 Å². The average Bonchev–Trinajstić information content (AvgIpc) is 2.69. The minimum Gasteiger partial charge on any atom is -0.449 e. The van der Waals surface area contributed by atoms with E-state index in [-0.39, 0.29) is 11.3 Å². The SMILES string of the molecule is O=C(O[C@@H](c1ccccc1)c1ccc(Cl)c(Cl)c1)c1ccc([N+](=O)[O-])cc1. The number of carbonyl (C=O) groups excluding carboxylic acids is 1. The first-order chi connectivity index (χ1) is 13.0. The van der Waals surface area contributed by atoms with Crippen molar-refractivity contribution in [3.05, 3.63) is 110 Å². The summed E-state index contributed by atoms with van der Waals surface area (Å²) in [7, 11) is 0. The molecule has 7 heteroatoms. The number of rotatable bonds is 5. The van der Waals surface area contributed by atoms with Crippen LogP contribution in [0.1, 0.15) is 27.6 Å². The van der Waals surface area contributed by atoms with Crippen molar-refractivity contribution in [3.63, 3.8) is 0 Å². The molecule has 3 aromatic carbocycles. The van der Waals surface area contributed by atoms with Gasteiger partial charge in [-0.1, -0.05) is 59.6 Å². The van der Waals surface area contributed by atoms with Gasteiger partial charge in [-0.3, -0.25) is 10.1 Å². The third kappa shape index (κ3) is 4.45. The van der Waals surface area contributed by atoms with Crippen molar-refractivity contribution in [1.82, 2.24) is 0 Å². The number of nitro groups is 1. The highest BCUT2D eigenvalue weighted by Gasteiger charge is 2.21. The predicted octanol–water partition coefficient (Wildman–Crippen LogP) is 5.85. The standard InChI is InChI=1S/C20H13Cl2NO4/c21-17-11-8-15(12-18(17)22)19(13-4-2-1-3-5-13)27-20(24)14-6-9-16(10-7-14)23(25)26/h1-12,19H/t19-/m0/s1. The third-order valence-electron chi connectivity index (χ3n) is 3.89. The van der Waals surface area contributed by atoms with E-state index in [1.165, 1.54) is 24.3 Å². The molecule has 0 heterocycles. The molecule has 0 aliphatic heterocycles. The van der Waals surface area contributed by atoms with Crippen LogP contribution in [0.15, 0.2) is 72.8 Å². The second-order valence-electron chi connectivity index (χ2n) is 5.67. The molecule has 0 spiro atoms. The van der Waals surface area contributed by atoms with Gasteiger partial charge in [-0.15, -0.1) is 0 Å². The lowest BCUT2D eigenvalue weighted by Crippen LogP contribution is -2.13. The number of carbonyl (C=O) groups is 1. The molecule has 0 aromatic heterocycles. The lowest BCUT2D eigenvalue weighted by Gasteiger charge is -2.19. The van der Waals surface area contributed by atoms with Gasteiger partial charge < -0.3 is 4.74 Å². The van der Waals surface area contributed by atoms with Crippen LogP contribution in [-0.2, 0) is 4.74 Å². The molecular formula is C20H13Cl2NO4. The summed E-state index contributed by atoms with van der Waals surface area (Å²) in [4.78, 5) is 22.8. The number of esters is 1. The molecule has 0 N–H and O–H groups in total. The van der Waals surface area contributed by atoms with Crippen LogP contribution in [0.2, 0.25) is 10.0 Å². The van der Waals surface area contributed by atoms with Crippen molar-refractivity contribution in [2.45, 2.75) is 6.10 Å². The molecule has 5 nitrogen and oxygen atoms in total. The van der Waals surface area contributed by atoms with E-state index in [0.717, 1.165) is 5.56 Å². The van der Waals surface area contributed by atoms with E-state index < -0.39 is 17.0 Å². The number of halogens is 2. The van der Waals surface area contributed by atoms with E-state index in [9.17, 15) is 14.9 Å². The first kappa shape index (κ1) is 18.9. The zero-order chi connectivity index (χ0) is 19.4. The lowest BCUT2D eigenvalue weighted by molar-refractivity contribution is -0.384. The van der Waals surface area contributed by atoms with Gasteiger partial charge in [0.1, 0.15) is 0 Å². The van der Waals surface area contributed by atoms with E-state index in [4.69, 9.17) is 27.9 Å². The topological polar surface area (TPSA) is 69.4 Å². The van der Waals surface area contributed by atoms with Crippen molar-refractivity contribution in [2.24, 2.45) is 0 Å². The van der Waals surface area contributed by atoms with Crippen molar-refractivity contribution >= 4 is 34.9 Å². The number of nitro benzene ring substituents is 1. The van der Waals surface area contributed by atoms with Crippen molar-refractivity contribution in [1.29, 1.82) is 0 Å². The fourth-order valence-electron chi connectivity index (χ4n) is 2.53. The predicted molar refractivity (Wildman–Crippen MR) is 103 cm³/mol. The molecule has 1 atom stereocenters. The van der Waals surface area contributed by atoms with Crippen LogP contribution in [0.4, 0.5) is 5.69 Å². The molecule has 0 bridgehead atoms. The van der Waals surface area contributed by atoms with Gasteiger partial charge in [0, 0.05) is 12.1 Å². The Balaban J connectivity index is 1.92. The molecule has 0 saturated heterocycles. The largest absolute Gasteiger partial charge is 0.449 e. The number of hydrogen-bond donors (Lipinski definition) is 0. The summed E-state index contributed by atoms with van der Waals surface area (Å²) in [6, 6.07) is 19.4. The summed E-state index contributed by atoms with van der Waals surface area (Å²) in [5.74, 6) is -0.607.